The molecule has 0 unspecified atom stereocenters. The number of nitrogens with zero attached hydrogens (tertiary/aromatic N) is 6. The van der Waals surface area contributed by atoms with Crippen LogP contribution in [0.3, 0.4) is 0 Å². The molecule has 0 saturated heterocycles. The average Bonchev–Trinajstić information content (AvgIpc) is 3.71. The van der Waals surface area contributed by atoms with Gasteiger partial charge in [0.05, 0.1) is 18.5 Å². The van der Waals surface area contributed by atoms with Gasteiger partial charge in [0.15, 0.2) is 11.5 Å². The van der Waals surface area contributed by atoms with Crippen LogP contribution >= 0.6 is 0 Å². The number of rotatable bonds is 7. The summed E-state index contributed by atoms with van der Waals surface area (Å²) in [6, 6.07) is 7.09. The van der Waals surface area contributed by atoms with Crippen molar-refractivity contribution in [2.75, 3.05) is 13.7 Å². The largest absolute Gasteiger partial charge is 0.480 e. The van der Waals surface area contributed by atoms with E-state index in [9.17, 15) is 13.2 Å². The van der Waals surface area contributed by atoms with Gasteiger partial charge in [-0.1, -0.05) is 24.3 Å². The van der Waals surface area contributed by atoms with Crippen molar-refractivity contribution in [3.05, 3.63) is 65.0 Å². The molecule has 3 aromatic heterocycles. The summed E-state index contributed by atoms with van der Waals surface area (Å²) in [5.41, 5.74) is 3.89. The highest BCUT2D eigenvalue weighted by molar-refractivity contribution is 5.67. The lowest BCUT2D eigenvalue weighted by molar-refractivity contribution is -0.140. The van der Waals surface area contributed by atoms with E-state index in [1.165, 1.54) is 10.9 Å². The van der Waals surface area contributed by atoms with Gasteiger partial charge in [0, 0.05) is 49.8 Å². The van der Waals surface area contributed by atoms with Crippen molar-refractivity contribution < 1.29 is 22.6 Å². The molecule has 12 heteroatoms. The smallest absolute Gasteiger partial charge is 0.434 e. The summed E-state index contributed by atoms with van der Waals surface area (Å²) in [7, 11) is 3.11. The predicted molar refractivity (Wildman–Crippen MR) is 135 cm³/mol. The molecule has 1 saturated carbocycles. The summed E-state index contributed by atoms with van der Waals surface area (Å²) in [5, 5.41) is 3.35. The molecule has 39 heavy (non-hydrogen) atoms. The number of aromatic nitrogens is 6. The first-order chi connectivity index (χ1) is 18.8. The number of fused-ring (bicyclic) bond motifs is 1. The second-order valence-electron chi connectivity index (χ2n) is 9.67. The van der Waals surface area contributed by atoms with E-state index in [2.05, 4.69) is 20.3 Å². The SMILES string of the molecule is COc1ncnc(C2CC2)c1-c1nc2c(c(OCc3ccc(-c4nc(C(F)(F)F)cn4C)cc3)n1)CNCC2. The average molecular weight is 538 g/mol. The van der Waals surface area contributed by atoms with Gasteiger partial charge in [0.1, 0.15) is 24.3 Å². The highest BCUT2D eigenvalue weighted by atomic mass is 19.4. The summed E-state index contributed by atoms with van der Waals surface area (Å²) >= 11 is 0. The maximum Gasteiger partial charge on any atom is 0.434 e. The van der Waals surface area contributed by atoms with Crippen molar-refractivity contribution in [1.82, 2.24) is 34.8 Å². The van der Waals surface area contributed by atoms with Crippen molar-refractivity contribution in [3.8, 4) is 34.5 Å². The second kappa shape index (κ2) is 9.92. The monoisotopic (exact) mass is 537 g/mol. The number of imidazole rings is 1. The number of benzene rings is 1. The van der Waals surface area contributed by atoms with Crippen LogP contribution in [-0.4, -0.2) is 43.1 Å². The number of hydrogen-bond acceptors (Lipinski definition) is 8. The van der Waals surface area contributed by atoms with E-state index in [4.69, 9.17) is 19.4 Å². The van der Waals surface area contributed by atoms with Crippen LogP contribution in [0.25, 0.3) is 22.8 Å². The molecule has 0 radical (unpaired) electrons. The molecule has 1 aliphatic carbocycles. The Morgan fingerprint density at radius 2 is 1.85 bits per heavy atom. The number of ether oxygens (including phenoxy) is 2. The summed E-state index contributed by atoms with van der Waals surface area (Å²) in [6.07, 6.45) is 0.831. The Hall–Kier alpha value is -4.06. The zero-order chi connectivity index (χ0) is 27.1. The van der Waals surface area contributed by atoms with Gasteiger partial charge in [-0.25, -0.2) is 19.9 Å². The normalized spacial score (nSPS) is 15.2. The Kier molecular flexibility index (Phi) is 6.42. The summed E-state index contributed by atoms with van der Waals surface area (Å²) < 4.78 is 52.3. The van der Waals surface area contributed by atoms with Gasteiger partial charge in [-0.15, -0.1) is 0 Å². The standard InChI is InChI=1S/C27H26F3N7O2/c1-37-12-20(27(28,29)30)35-24(37)17-5-3-15(4-6-17)13-39-25-18-11-31-10-9-19(18)34-23(36-25)21-22(16-7-8-16)32-14-33-26(21)38-2/h3-6,12,14,16,31H,7-11,13H2,1-2H3. The lowest BCUT2D eigenvalue weighted by Gasteiger charge is -2.21. The predicted octanol–water partition coefficient (Wildman–Crippen LogP) is 4.46. The zero-order valence-corrected chi connectivity index (χ0v) is 21.4. The number of nitrogens with one attached hydrogen (secondary N) is 1. The van der Waals surface area contributed by atoms with E-state index in [1.807, 2.05) is 12.1 Å². The highest BCUT2D eigenvalue weighted by Gasteiger charge is 2.35. The molecule has 202 valence electrons. The van der Waals surface area contributed by atoms with E-state index in [0.29, 0.717) is 41.2 Å². The van der Waals surface area contributed by atoms with E-state index >= 15 is 0 Å². The van der Waals surface area contributed by atoms with Gasteiger partial charge in [-0.3, -0.25) is 0 Å². The molecule has 4 heterocycles. The van der Waals surface area contributed by atoms with Crippen molar-refractivity contribution in [2.45, 2.75) is 44.5 Å². The molecule has 9 nitrogen and oxygen atoms in total. The highest BCUT2D eigenvalue weighted by Crippen LogP contribution is 2.45. The third-order valence-corrected chi connectivity index (χ3v) is 6.87. The Bertz CT molecular complexity index is 1520. The summed E-state index contributed by atoms with van der Waals surface area (Å²) in [5.74, 6) is 1.96. The number of hydrogen-bond donors (Lipinski definition) is 1. The van der Waals surface area contributed by atoms with Crippen LogP contribution < -0.4 is 14.8 Å². The first-order valence-corrected chi connectivity index (χ1v) is 12.6. The third kappa shape index (κ3) is 5.03. The molecule has 1 aliphatic heterocycles. The molecule has 0 amide bonds. The first kappa shape index (κ1) is 25.2. The van der Waals surface area contributed by atoms with Gasteiger partial charge in [-0.2, -0.15) is 18.2 Å². The Morgan fingerprint density at radius 1 is 1.05 bits per heavy atom. The van der Waals surface area contributed by atoms with Crippen LogP contribution in [-0.2, 0) is 32.8 Å². The van der Waals surface area contributed by atoms with E-state index in [0.717, 1.165) is 54.5 Å². The molecule has 4 aromatic rings. The van der Waals surface area contributed by atoms with Crippen molar-refractivity contribution in [3.63, 3.8) is 0 Å². The Balaban J connectivity index is 1.28. The molecule has 1 aromatic carbocycles. The quantitative estimate of drug-likeness (QED) is 0.369. The third-order valence-electron chi connectivity index (χ3n) is 6.87. The van der Waals surface area contributed by atoms with Crippen LogP contribution in [0.5, 0.6) is 11.8 Å². The van der Waals surface area contributed by atoms with Crippen molar-refractivity contribution in [1.29, 1.82) is 0 Å². The second-order valence-corrected chi connectivity index (χ2v) is 9.67. The number of methoxy groups -OCH3 is 1. The molecule has 1 fully saturated rings. The van der Waals surface area contributed by atoms with Crippen molar-refractivity contribution >= 4 is 0 Å². The van der Waals surface area contributed by atoms with Crippen LogP contribution in [0.15, 0.2) is 36.8 Å². The molecule has 6 rings (SSSR count). The number of halogens is 3. The Labute approximate surface area is 222 Å². The summed E-state index contributed by atoms with van der Waals surface area (Å²) in [6.45, 7) is 1.60. The van der Waals surface area contributed by atoms with Gasteiger partial charge in [0.2, 0.25) is 11.8 Å². The minimum absolute atomic E-state index is 0.218. The summed E-state index contributed by atoms with van der Waals surface area (Å²) in [4.78, 5) is 22.3. The van der Waals surface area contributed by atoms with Gasteiger partial charge in [0.25, 0.3) is 0 Å². The van der Waals surface area contributed by atoms with E-state index in [1.54, 1.807) is 26.3 Å². The zero-order valence-electron chi connectivity index (χ0n) is 21.4. The molecule has 0 spiro atoms. The molecule has 1 N–H and O–H groups in total. The van der Waals surface area contributed by atoms with Crippen LogP contribution in [0.2, 0.25) is 0 Å². The number of alkyl halides is 3. The lowest BCUT2D eigenvalue weighted by atomic mass is 10.1. The van der Waals surface area contributed by atoms with E-state index < -0.39 is 11.9 Å². The van der Waals surface area contributed by atoms with Crippen molar-refractivity contribution in [2.24, 2.45) is 7.05 Å². The maximum absolute atomic E-state index is 13.1. The number of aryl methyl sites for hydroxylation is 1. The van der Waals surface area contributed by atoms with Crippen LogP contribution in [0.4, 0.5) is 13.2 Å². The topological polar surface area (TPSA) is 99.9 Å². The maximum atomic E-state index is 13.1. The van der Waals surface area contributed by atoms with Gasteiger partial charge >= 0.3 is 6.18 Å². The first-order valence-electron chi connectivity index (χ1n) is 12.6. The minimum Gasteiger partial charge on any atom is -0.480 e. The molecular formula is C27H26F3N7O2. The van der Waals surface area contributed by atoms with Gasteiger partial charge < -0.3 is 19.4 Å². The fourth-order valence-corrected chi connectivity index (χ4v) is 4.73. The Morgan fingerprint density at radius 3 is 2.54 bits per heavy atom. The molecule has 0 bridgehead atoms. The van der Waals surface area contributed by atoms with Gasteiger partial charge in [-0.05, 0) is 18.4 Å². The lowest BCUT2D eigenvalue weighted by Crippen LogP contribution is -2.26. The van der Waals surface area contributed by atoms with Crippen LogP contribution in [0.1, 0.15) is 47.0 Å². The molecular weight excluding hydrogens is 511 g/mol. The molecule has 2 aliphatic rings. The minimum atomic E-state index is -4.50. The fraction of sp³-hybridized carbons (Fsp3) is 0.370. The van der Waals surface area contributed by atoms with Crippen LogP contribution in [0, 0.1) is 0 Å². The van der Waals surface area contributed by atoms with E-state index in [-0.39, 0.29) is 12.4 Å². The fourth-order valence-electron chi connectivity index (χ4n) is 4.73. The molecule has 0 atom stereocenters.